The van der Waals surface area contributed by atoms with Crippen molar-refractivity contribution in [1.82, 2.24) is 4.90 Å². The Labute approximate surface area is 145 Å². The van der Waals surface area contributed by atoms with E-state index in [1.54, 1.807) is 17.0 Å². The third-order valence-electron chi connectivity index (χ3n) is 4.55. The first-order chi connectivity index (χ1) is 11.7. The van der Waals surface area contributed by atoms with E-state index >= 15 is 0 Å². The lowest BCUT2D eigenvalue weighted by molar-refractivity contribution is 0.0171. The molecule has 0 unspecified atom stereocenters. The maximum absolute atomic E-state index is 12.6. The minimum Gasteiger partial charge on any atom is -0.484 e. The number of hydrogen-bond donors (Lipinski definition) is 0. The van der Waals surface area contributed by atoms with Crippen LogP contribution in [0.15, 0.2) is 12.1 Å². The van der Waals surface area contributed by atoms with Gasteiger partial charge in [0.1, 0.15) is 17.0 Å². The van der Waals surface area contributed by atoms with Gasteiger partial charge in [0.25, 0.3) is 0 Å². The lowest BCUT2D eigenvalue weighted by Crippen LogP contribution is -2.46. The Morgan fingerprint density at radius 3 is 2.64 bits per heavy atom. The van der Waals surface area contributed by atoms with Crippen LogP contribution >= 0.6 is 0 Å². The smallest absolute Gasteiger partial charge is 0.410 e. The Balaban J connectivity index is 1.55. The summed E-state index contributed by atoms with van der Waals surface area (Å²) in [5.41, 5.74) is -0.750. The monoisotopic (exact) mass is 347 g/mol. The van der Waals surface area contributed by atoms with E-state index in [0.29, 0.717) is 42.3 Å². The Morgan fingerprint density at radius 2 is 1.92 bits per heavy atom. The molecule has 3 heterocycles. The molecule has 1 saturated heterocycles. The number of nitrogens with zero attached hydrogens (tertiary/aromatic N) is 1. The minimum absolute atomic E-state index is 0.00871. The Kier molecular flexibility index (Phi) is 3.39. The van der Waals surface area contributed by atoms with E-state index in [0.717, 1.165) is 0 Å². The molecule has 3 aliphatic rings. The van der Waals surface area contributed by atoms with Gasteiger partial charge in [0, 0.05) is 19.0 Å². The van der Waals surface area contributed by atoms with Crippen LogP contribution < -0.4 is 14.2 Å². The fraction of sp³-hybridized carbons (Fsp3) is 0.556. The lowest BCUT2D eigenvalue weighted by Gasteiger charge is -2.34. The molecule has 134 valence electrons. The van der Waals surface area contributed by atoms with Crippen LogP contribution in [-0.2, 0) is 4.74 Å². The van der Waals surface area contributed by atoms with E-state index in [-0.39, 0.29) is 25.1 Å². The van der Waals surface area contributed by atoms with Crippen molar-refractivity contribution in [3.05, 3.63) is 17.7 Å². The molecule has 3 aliphatic heterocycles. The van der Waals surface area contributed by atoms with E-state index in [9.17, 15) is 9.59 Å². The van der Waals surface area contributed by atoms with Crippen molar-refractivity contribution >= 4 is 11.9 Å². The van der Waals surface area contributed by atoms with Gasteiger partial charge in [0.15, 0.2) is 17.3 Å². The highest BCUT2D eigenvalue weighted by atomic mass is 16.7. The fourth-order valence-electron chi connectivity index (χ4n) is 3.44. The van der Waals surface area contributed by atoms with Crippen LogP contribution in [0.2, 0.25) is 0 Å². The number of likely N-dealkylation sites (tertiary alicyclic amines) is 1. The summed E-state index contributed by atoms with van der Waals surface area (Å²) >= 11 is 0. The molecule has 1 aromatic carbocycles. The summed E-state index contributed by atoms with van der Waals surface area (Å²) in [7, 11) is 0. The van der Waals surface area contributed by atoms with Crippen LogP contribution in [0.1, 0.15) is 44.0 Å². The number of carbonyl (C=O) groups excluding carboxylic acids is 2. The summed E-state index contributed by atoms with van der Waals surface area (Å²) in [4.78, 5) is 26.5. The molecule has 1 spiro atoms. The molecule has 7 heteroatoms. The van der Waals surface area contributed by atoms with Crippen molar-refractivity contribution in [2.75, 3.05) is 19.9 Å². The summed E-state index contributed by atoms with van der Waals surface area (Å²) < 4.78 is 22.3. The molecular weight excluding hydrogens is 326 g/mol. The summed E-state index contributed by atoms with van der Waals surface area (Å²) in [6.07, 6.45) is 0.446. The molecule has 0 aliphatic carbocycles. The van der Waals surface area contributed by atoms with E-state index in [2.05, 4.69) is 0 Å². The summed E-state index contributed by atoms with van der Waals surface area (Å²) in [6.45, 7) is 6.47. The third kappa shape index (κ3) is 2.88. The van der Waals surface area contributed by atoms with Crippen molar-refractivity contribution in [2.24, 2.45) is 0 Å². The highest BCUT2D eigenvalue weighted by molar-refractivity contribution is 6.01. The van der Waals surface area contributed by atoms with E-state index in [1.165, 1.54) is 0 Å². The molecule has 0 bridgehead atoms. The standard InChI is InChI=1S/C18H21NO6/c1-17(2,3)25-16(21)19-5-4-18(9-19)8-12(20)11-6-14-15(23-10-22-14)7-13(11)24-18/h6-7H,4-5,8-10H2,1-3H3/t18-/m0/s1. The number of amides is 1. The van der Waals surface area contributed by atoms with Gasteiger partial charge in [0.2, 0.25) is 6.79 Å². The van der Waals surface area contributed by atoms with Gasteiger partial charge in [-0.2, -0.15) is 0 Å². The highest BCUT2D eigenvalue weighted by Crippen LogP contribution is 2.45. The van der Waals surface area contributed by atoms with Gasteiger partial charge >= 0.3 is 6.09 Å². The predicted octanol–water partition coefficient (Wildman–Crippen LogP) is 2.76. The molecule has 7 nitrogen and oxygen atoms in total. The molecule has 1 fully saturated rings. The number of hydrogen-bond acceptors (Lipinski definition) is 6. The van der Waals surface area contributed by atoms with Gasteiger partial charge in [-0.1, -0.05) is 0 Å². The van der Waals surface area contributed by atoms with Crippen molar-refractivity contribution < 1.29 is 28.5 Å². The normalized spacial score (nSPS) is 24.3. The molecule has 1 aromatic rings. The van der Waals surface area contributed by atoms with E-state index in [4.69, 9.17) is 18.9 Å². The van der Waals surface area contributed by atoms with Crippen LogP contribution in [0.25, 0.3) is 0 Å². The largest absolute Gasteiger partial charge is 0.484 e. The first kappa shape index (κ1) is 16.1. The Bertz CT molecular complexity index is 753. The van der Waals surface area contributed by atoms with Crippen LogP contribution in [0.4, 0.5) is 4.79 Å². The Morgan fingerprint density at radius 1 is 1.20 bits per heavy atom. The van der Waals surface area contributed by atoms with Crippen LogP contribution in [0.3, 0.4) is 0 Å². The number of fused-ring (bicyclic) bond motifs is 2. The Hall–Kier alpha value is -2.44. The van der Waals surface area contributed by atoms with Crippen LogP contribution in [0.5, 0.6) is 17.2 Å². The second kappa shape index (κ2) is 5.28. The van der Waals surface area contributed by atoms with Crippen LogP contribution in [-0.4, -0.2) is 47.9 Å². The quantitative estimate of drug-likeness (QED) is 0.718. The second-order valence-electron chi connectivity index (χ2n) is 7.74. The average Bonchev–Trinajstić information content (AvgIpc) is 3.10. The van der Waals surface area contributed by atoms with Crippen molar-refractivity contribution in [3.8, 4) is 17.2 Å². The highest BCUT2D eigenvalue weighted by Gasteiger charge is 2.48. The number of benzene rings is 1. The zero-order valence-corrected chi connectivity index (χ0v) is 14.6. The van der Waals surface area contributed by atoms with E-state index in [1.807, 2.05) is 20.8 Å². The second-order valence-corrected chi connectivity index (χ2v) is 7.74. The van der Waals surface area contributed by atoms with Gasteiger partial charge in [-0.25, -0.2) is 4.79 Å². The molecule has 0 N–H and O–H groups in total. The number of Topliss-reactive ketones (excluding diaryl/α,β-unsaturated/α-hetero) is 1. The summed E-state index contributed by atoms with van der Waals surface area (Å²) in [5.74, 6) is 1.62. The number of ether oxygens (including phenoxy) is 4. The number of ketones is 1. The lowest BCUT2D eigenvalue weighted by atomic mass is 9.89. The topological polar surface area (TPSA) is 74.3 Å². The number of carbonyl (C=O) groups is 2. The predicted molar refractivity (Wildman–Crippen MR) is 87.3 cm³/mol. The molecule has 0 aromatic heterocycles. The number of rotatable bonds is 0. The molecule has 25 heavy (non-hydrogen) atoms. The van der Waals surface area contributed by atoms with Gasteiger partial charge in [-0.3, -0.25) is 4.79 Å². The van der Waals surface area contributed by atoms with Crippen molar-refractivity contribution in [2.45, 2.75) is 44.8 Å². The van der Waals surface area contributed by atoms with Crippen LogP contribution in [0, 0.1) is 0 Å². The first-order valence-corrected chi connectivity index (χ1v) is 8.39. The minimum atomic E-state index is -0.700. The van der Waals surface area contributed by atoms with Gasteiger partial charge in [-0.15, -0.1) is 0 Å². The molecule has 4 rings (SSSR count). The first-order valence-electron chi connectivity index (χ1n) is 8.39. The fourth-order valence-corrected chi connectivity index (χ4v) is 3.44. The molecule has 1 atom stereocenters. The molecule has 0 saturated carbocycles. The summed E-state index contributed by atoms with van der Waals surface area (Å²) in [5, 5.41) is 0. The van der Waals surface area contributed by atoms with Crippen molar-refractivity contribution in [1.29, 1.82) is 0 Å². The molecular formula is C18H21NO6. The SMILES string of the molecule is CC(C)(C)OC(=O)N1CC[C@]2(CC(=O)c3cc4c(cc3O2)OCO4)C1. The third-order valence-corrected chi connectivity index (χ3v) is 4.55. The van der Waals surface area contributed by atoms with E-state index < -0.39 is 11.2 Å². The van der Waals surface area contributed by atoms with Gasteiger partial charge in [-0.05, 0) is 26.8 Å². The van der Waals surface area contributed by atoms with Gasteiger partial charge < -0.3 is 23.8 Å². The zero-order chi connectivity index (χ0) is 17.8. The summed E-state index contributed by atoms with van der Waals surface area (Å²) in [6, 6.07) is 3.38. The maximum Gasteiger partial charge on any atom is 0.410 e. The average molecular weight is 347 g/mol. The molecule has 1 amide bonds. The zero-order valence-electron chi connectivity index (χ0n) is 14.6. The van der Waals surface area contributed by atoms with Gasteiger partial charge in [0.05, 0.1) is 18.5 Å². The molecule has 0 radical (unpaired) electrons. The van der Waals surface area contributed by atoms with Crippen molar-refractivity contribution in [3.63, 3.8) is 0 Å². The maximum atomic E-state index is 12.6.